The number of nitrogens with zero attached hydrogens (tertiary/aromatic N) is 4. The summed E-state index contributed by atoms with van der Waals surface area (Å²) in [5.41, 5.74) is 10.5. The summed E-state index contributed by atoms with van der Waals surface area (Å²) in [5, 5.41) is 1.05. The van der Waals surface area contributed by atoms with E-state index in [9.17, 15) is 4.79 Å². The number of carbonyl (C=O) groups excluding carboxylic acids is 1. The molecule has 1 aliphatic rings. The van der Waals surface area contributed by atoms with Gasteiger partial charge in [0.15, 0.2) is 17.3 Å². The number of nitrogens with two attached hydrogens (primary N) is 1. The summed E-state index contributed by atoms with van der Waals surface area (Å²) < 4.78 is 15.5. The number of methoxy groups -OCH3 is 2. The van der Waals surface area contributed by atoms with Gasteiger partial charge in [-0.3, -0.25) is 4.79 Å². The molecule has 0 saturated carbocycles. The van der Waals surface area contributed by atoms with Crippen LogP contribution in [-0.2, 0) is 13.6 Å². The maximum Gasteiger partial charge on any atom is 0.253 e. The average Bonchev–Trinajstić information content (AvgIpc) is 3.39. The number of hydrogen-bond donors (Lipinski definition) is 1. The highest BCUT2D eigenvalue weighted by atomic mass is 16.5. The molecule has 0 aliphatic carbocycles. The van der Waals surface area contributed by atoms with Gasteiger partial charge in [0.05, 0.1) is 36.5 Å². The molecule has 8 heteroatoms. The molecule has 0 bridgehead atoms. The summed E-state index contributed by atoms with van der Waals surface area (Å²) in [7, 11) is 5.31. The topological polar surface area (TPSA) is 87.5 Å². The van der Waals surface area contributed by atoms with Gasteiger partial charge in [0.1, 0.15) is 0 Å². The molecule has 1 saturated heterocycles. The van der Waals surface area contributed by atoms with E-state index in [1.807, 2.05) is 42.3 Å². The van der Waals surface area contributed by atoms with E-state index in [0.717, 1.165) is 59.4 Å². The fourth-order valence-corrected chi connectivity index (χ4v) is 5.12. The molecule has 1 atom stereocenters. The standard InChI is InChI=1S/C26H31N5O3/c1-5-31-21(14-16-9-11-22(33-3)24(34-4)23(16)31)25-28-19-13-17(8-10-20(19)29(25)2)26(32)30-12-6-7-18(27)15-30/h8-11,13-14,18H,5-7,12,15,27H2,1-4H3/t18-/m1/s1. The SMILES string of the molecule is CCn1c(-c2nc3cc(C(=O)N4CCC[C@@H](N)C4)ccc3n2C)cc2ccc(OC)c(OC)c21. The van der Waals surface area contributed by atoms with Crippen molar-refractivity contribution in [3.05, 3.63) is 42.0 Å². The van der Waals surface area contributed by atoms with Crippen LogP contribution >= 0.6 is 0 Å². The zero-order valence-electron chi connectivity index (χ0n) is 20.2. The molecule has 5 rings (SSSR count). The third-order valence-corrected chi connectivity index (χ3v) is 6.82. The Hall–Kier alpha value is -3.52. The highest BCUT2D eigenvalue weighted by molar-refractivity contribution is 5.98. The number of ether oxygens (including phenoxy) is 2. The molecule has 2 aromatic carbocycles. The van der Waals surface area contributed by atoms with Gasteiger partial charge in [0.2, 0.25) is 0 Å². The molecular formula is C26H31N5O3. The summed E-state index contributed by atoms with van der Waals surface area (Å²) >= 11 is 0. The summed E-state index contributed by atoms with van der Waals surface area (Å²) in [4.78, 5) is 19.9. The van der Waals surface area contributed by atoms with Crippen LogP contribution in [0.25, 0.3) is 33.5 Å². The van der Waals surface area contributed by atoms with Crippen molar-refractivity contribution in [2.45, 2.75) is 32.4 Å². The lowest BCUT2D eigenvalue weighted by atomic mass is 10.1. The van der Waals surface area contributed by atoms with Crippen LogP contribution < -0.4 is 15.2 Å². The Morgan fingerprint density at radius 2 is 2.00 bits per heavy atom. The second-order valence-electron chi connectivity index (χ2n) is 8.86. The number of amides is 1. The van der Waals surface area contributed by atoms with Crippen molar-refractivity contribution >= 4 is 27.8 Å². The van der Waals surface area contributed by atoms with Gasteiger partial charge in [0.25, 0.3) is 5.91 Å². The number of piperidine rings is 1. The molecule has 0 radical (unpaired) electrons. The third kappa shape index (κ3) is 3.49. The number of hydrogen-bond acceptors (Lipinski definition) is 5. The van der Waals surface area contributed by atoms with Crippen molar-refractivity contribution in [2.24, 2.45) is 12.8 Å². The Morgan fingerprint density at radius 1 is 1.18 bits per heavy atom. The van der Waals surface area contributed by atoms with E-state index < -0.39 is 0 Å². The van der Waals surface area contributed by atoms with Crippen molar-refractivity contribution in [3.63, 3.8) is 0 Å². The van der Waals surface area contributed by atoms with Crippen molar-refractivity contribution in [2.75, 3.05) is 27.3 Å². The van der Waals surface area contributed by atoms with Crippen LogP contribution in [-0.4, -0.2) is 58.3 Å². The smallest absolute Gasteiger partial charge is 0.253 e. The summed E-state index contributed by atoms with van der Waals surface area (Å²) in [6.45, 7) is 4.20. The predicted molar refractivity (Wildman–Crippen MR) is 134 cm³/mol. The van der Waals surface area contributed by atoms with Gasteiger partial charge in [0, 0.05) is 43.7 Å². The lowest BCUT2D eigenvalue weighted by molar-refractivity contribution is 0.0709. The molecule has 0 spiro atoms. The van der Waals surface area contributed by atoms with Gasteiger partial charge in [-0.2, -0.15) is 0 Å². The molecule has 0 unspecified atom stereocenters. The lowest BCUT2D eigenvalue weighted by Gasteiger charge is -2.30. The Kier molecular flexibility index (Phi) is 5.69. The monoisotopic (exact) mass is 461 g/mol. The van der Waals surface area contributed by atoms with E-state index in [1.165, 1.54) is 0 Å². The van der Waals surface area contributed by atoms with Crippen LogP contribution in [0.15, 0.2) is 36.4 Å². The van der Waals surface area contributed by atoms with Crippen LogP contribution in [0.2, 0.25) is 0 Å². The summed E-state index contributed by atoms with van der Waals surface area (Å²) in [6, 6.07) is 11.9. The highest BCUT2D eigenvalue weighted by Crippen LogP contribution is 2.40. The normalized spacial score (nSPS) is 16.4. The van der Waals surface area contributed by atoms with E-state index >= 15 is 0 Å². The van der Waals surface area contributed by atoms with Gasteiger partial charge in [-0.15, -0.1) is 0 Å². The minimum Gasteiger partial charge on any atom is -0.493 e. The zero-order valence-corrected chi connectivity index (χ0v) is 20.2. The van der Waals surface area contributed by atoms with Gasteiger partial charge < -0.3 is 29.2 Å². The van der Waals surface area contributed by atoms with E-state index in [4.69, 9.17) is 20.2 Å². The van der Waals surface area contributed by atoms with E-state index in [-0.39, 0.29) is 11.9 Å². The second kappa shape index (κ2) is 8.68. The van der Waals surface area contributed by atoms with Crippen LogP contribution in [0, 0.1) is 0 Å². The molecule has 178 valence electrons. The Balaban J connectivity index is 1.61. The second-order valence-corrected chi connectivity index (χ2v) is 8.86. The maximum absolute atomic E-state index is 13.1. The molecular weight excluding hydrogens is 430 g/mol. The molecule has 2 aromatic heterocycles. The zero-order chi connectivity index (χ0) is 24.0. The van der Waals surface area contributed by atoms with Crippen LogP contribution in [0.3, 0.4) is 0 Å². The summed E-state index contributed by atoms with van der Waals surface area (Å²) in [5.74, 6) is 2.25. The molecule has 4 aromatic rings. The molecule has 1 amide bonds. The quantitative estimate of drug-likeness (QED) is 0.489. The molecule has 1 fully saturated rings. The van der Waals surface area contributed by atoms with Gasteiger partial charge in [-0.1, -0.05) is 0 Å². The van der Waals surface area contributed by atoms with Crippen LogP contribution in [0.5, 0.6) is 11.5 Å². The third-order valence-electron chi connectivity index (χ3n) is 6.82. The fraction of sp³-hybridized carbons (Fsp3) is 0.385. The number of imidazole rings is 1. The van der Waals surface area contributed by atoms with Gasteiger partial charge in [-0.05, 0) is 56.2 Å². The number of benzene rings is 2. The first kappa shape index (κ1) is 22.3. The maximum atomic E-state index is 13.1. The number of likely N-dealkylation sites (tertiary alicyclic amines) is 1. The van der Waals surface area contributed by atoms with E-state index in [0.29, 0.717) is 23.6 Å². The van der Waals surface area contributed by atoms with Crippen LogP contribution in [0.1, 0.15) is 30.1 Å². The Labute approximate surface area is 198 Å². The van der Waals surface area contributed by atoms with Gasteiger partial charge in [-0.25, -0.2) is 4.98 Å². The molecule has 1 aliphatic heterocycles. The number of carbonyl (C=O) groups is 1. The number of aryl methyl sites for hydroxylation is 2. The Morgan fingerprint density at radius 3 is 2.71 bits per heavy atom. The highest BCUT2D eigenvalue weighted by Gasteiger charge is 2.24. The van der Waals surface area contributed by atoms with Crippen molar-refractivity contribution in [3.8, 4) is 23.0 Å². The average molecular weight is 462 g/mol. The molecule has 8 nitrogen and oxygen atoms in total. The molecule has 2 N–H and O–H groups in total. The first-order valence-electron chi connectivity index (χ1n) is 11.7. The van der Waals surface area contributed by atoms with E-state index in [1.54, 1.807) is 14.2 Å². The molecule has 34 heavy (non-hydrogen) atoms. The van der Waals surface area contributed by atoms with Crippen LogP contribution in [0.4, 0.5) is 0 Å². The largest absolute Gasteiger partial charge is 0.493 e. The van der Waals surface area contributed by atoms with Gasteiger partial charge >= 0.3 is 0 Å². The van der Waals surface area contributed by atoms with Crippen molar-refractivity contribution in [1.82, 2.24) is 19.0 Å². The molecule has 3 heterocycles. The number of fused-ring (bicyclic) bond motifs is 2. The number of aromatic nitrogens is 3. The number of rotatable bonds is 5. The first-order valence-corrected chi connectivity index (χ1v) is 11.7. The lowest BCUT2D eigenvalue weighted by Crippen LogP contribution is -2.45. The van der Waals surface area contributed by atoms with E-state index in [2.05, 4.69) is 22.1 Å². The predicted octanol–water partition coefficient (Wildman–Crippen LogP) is 3.80. The Bertz CT molecular complexity index is 1390. The first-order chi connectivity index (χ1) is 16.5. The minimum absolute atomic E-state index is 0.0174. The fourth-order valence-electron chi connectivity index (χ4n) is 5.12. The van der Waals surface area contributed by atoms with Crippen molar-refractivity contribution in [1.29, 1.82) is 0 Å². The van der Waals surface area contributed by atoms with Crippen molar-refractivity contribution < 1.29 is 14.3 Å². The minimum atomic E-state index is 0.0174. The summed E-state index contributed by atoms with van der Waals surface area (Å²) in [6.07, 6.45) is 1.91.